The number of benzene rings is 1. The van der Waals surface area contributed by atoms with Gasteiger partial charge in [-0.1, -0.05) is 22.0 Å². The van der Waals surface area contributed by atoms with Gasteiger partial charge in [-0.05, 0) is 24.3 Å². The Hall–Kier alpha value is -0.910. The van der Waals surface area contributed by atoms with Crippen molar-refractivity contribution in [1.29, 1.82) is 0 Å². The highest BCUT2D eigenvalue weighted by atomic mass is 32.2. The van der Waals surface area contributed by atoms with Crippen LogP contribution in [0, 0.1) is 6.92 Å². The second-order valence-electron chi connectivity index (χ2n) is 2.34. The molecule has 12 heavy (non-hydrogen) atoms. The summed E-state index contributed by atoms with van der Waals surface area (Å²) in [6, 6.07) is 5.82. The minimum atomic E-state index is -4.07. The van der Waals surface area contributed by atoms with Crippen LogP contribution in [0.2, 0.25) is 0 Å². The Morgan fingerprint density at radius 2 is 1.67 bits per heavy atom. The van der Waals surface area contributed by atoms with Crippen molar-refractivity contribution in [3.05, 3.63) is 29.8 Å². The summed E-state index contributed by atoms with van der Waals surface area (Å²) in [5.74, 6) is 0. The molecule has 0 amide bonds. The molecule has 0 heterocycles. The standard InChI is InChI=1S/C7H7O4S/c1-6-2-4-7(5-3-6)12(9,10)11-8/h2-5H,1H3. The normalized spacial score (nSPS) is 11.5. The lowest BCUT2D eigenvalue weighted by Crippen LogP contribution is -2.01. The van der Waals surface area contributed by atoms with Crippen LogP contribution in [-0.4, -0.2) is 8.42 Å². The zero-order chi connectivity index (χ0) is 9.19. The van der Waals surface area contributed by atoms with Crippen LogP contribution >= 0.6 is 0 Å². The highest BCUT2D eigenvalue weighted by Gasteiger charge is 2.14. The fourth-order valence-corrected chi connectivity index (χ4v) is 1.29. The Balaban J connectivity index is 3.14. The van der Waals surface area contributed by atoms with Crippen LogP contribution in [0.5, 0.6) is 0 Å². The van der Waals surface area contributed by atoms with Crippen LogP contribution in [0.3, 0.4) is 0 Å². The van der Waals surface area contributed by atoms with Crippen LogP contribution < -0.4 is 0 Å². The van der Waals surface area contributed by atoms with Gasteiger partial charge in [0.05, 0.1) is 4.90 Å². The minimum Gasteiger partial charge on any atom is -0.191 e. The highest BCUT2D eigenvalue weighted by molar-refractivity contribution is 7.86. The maximum atomic E-state index is 10.8. The van der Waals surface area contributed by atoms with E-state index >= 15 is 0 Å². The van der Waals surface area contributed by atoms with E-state index in [4.69, 9.17) is 0 Å². The third-order valence-electron chi connectivity index (χ3n) is 1.40. The molecule has 1 radical (unpaired) electrons. The topological polar surface area (TPSA) is 63.3 Å². The van der Waals surface area contributed by atoms with Crippen molar-refractivity contribution in [1.82, 2.24) is 0 Å². The second kappa shape index (κ2) is 3.22. The van der Waals surface area contributed by atoms with Gasteiger partial charge in [0, 0.05) is 0 Å². The Morgan fingerprint density at radius 3 is 2.08 bits per heavy atom. The summed E-state index contributed by atoms with van der Waals surface area (Å²) in [6.07, 6.45) is 0. The lowest BCUT2D eigenvalue weighted by atomic mass is 10.2. The third kappa shape index (κ3) is 1.82. The fraction of sp³-hybridized carbons (Fsp3) is 0.143. The molecule has 0 atom stereocenters. The quantitative estimate of drug-likeness (QED) is 0.513. The number of hydrogen-bond acceptors (Lipinski definition) is 3. The molecule has 4 nitrogen and oxygen atoms in total. The molecule has 0 aromatic heterocycles. The first kappa shape index (κ1) is 9.18. The van der Waals surface area contributed by atoms with Gasteiger partial charge in [0.1, 0.15) is 0 Å². The lowest BCUT2D eigenvalue weighted by molar-refractivity contribution is -0.202. The van der Waals surface area contributed by atoms with Crippen molar-refractivity contribution in [3.8, 4) is 0 Å². The van der Waals surface area contributed by atoms with Gasteiger partial charge < -0.3 is 0 Å². The SMILES string of the molecule is Cc1ccc(S(=O)(=O)O[O])cc1. The molecular formula is C7H7O4S. The molecule has 0 fully saturated rings. The fourth-order valence-electron chi connectivity index (χ4n) is 0.744. The number of hydrogen-bond donors (Lipinski definition) is 0. The molecule has 1 aromatic carbocycles. The summed E-state index contributed by atoms with van der Waals surface area (Å²) in [6.45, 7) is 1.81. The molecule has 5 heteroatoms. The van der Waals surface area contributed by atoms with Crippen LogP contribution in [-0.2, 0) is 19.7 Å². The van der Waals surface area contributed by atoms with Crippen LogP contribution in [0.1, 0.15) is 5.56 Å². The van der Waals surface area contributed by atoms with Gasteiger partial charge in [-0.25, -0.2) is 0 Å². The Kier molecular flexibility index (Phi) is 2.46. The van der Waals surface area contributed by atoms with Crippen molar-refractivity contribution >= 4 is 10.1 Å². The smallest absolute Gasteiger partial charge is 0.191 e. The first-order valence-electron chi connectivity index (χ1n) is 3.19. The van der Waals surface area contributed by atoms with Crippen molar-refractivity contribution in [3.63, 3.8) is 0 Å². The average molecular weight is 187 g/mol. The maximum absolute atomic E-state index is 10.8. The zero-order valence-electron chi connectivity index (χ0n) is 6.35. The van der Waals surface area contributed by atoms with E-state index in [1.807, 2.05) is 6.92 Å². The largest absolute Gasteiger partial charge is 0.325 e. The van der Waals surface area contributed by atoms with E-state index in [1.165, 1.54) is 12.1 Å². The first-order chi connectivity index (χ1) is 5.56. The number of rotatable bonds is 2. The molecule has 0 bridgehead atoms. The predicted molar refractivity (Wildman–Crippen MR) is 40.1 cm³/mol. The monoisotopic (exact) mass is 187 g/mol. The van der Waals surface area contributed by atoms with Crippen molar-refractivity contribution in [2.24, 2.45) is 0 Å². The molecule has 0 saturated heterocycles. The predicted octanol–water partition coefficient (Wildman–Crippen LogP) is 1.05. The average Bonchev–Trinajstić information content (AvgIpc) is 2.05. The van der Waals surface area contributed by atoms with Gasteiger partial charge >= 0.3 is 10.1 Å². The van der Waals surface area contributed by atoms with Gasteiger partial charge in [-0.2, -0.15) is 8.42 Å². The molecule has 65 valence electrons. The molecule has 1 rings (SSSR count). The van der Waals surface area contributed by atoms with Crippen LogP contribution in [0.15, 0.2) is 29.2 Å². The summed E-state index contributed by atoms with van der Waals surface area (Å²) in [5.41, 5.74) is 0.917. The Labute approximate surface area is 70.5 Å². The van der Waals surface area contributed by atoms with Gasteiger partial charge in [-0.15, -0.1) is 0 Å². The van der Waals surface area contributed by atoms with E-state index in [1.54, 1.807) is 12.1 Å². The molecule has 0 aliphatic heterocycles. The van der Waals surface area contributed by atoms with E-state index in [9.17, 15) is 13.7 Å². The second-order valence-corrected chi connectivity index (χ2v) is 3.85. The molecule has 0 N–H and O–H groups in total. The van der Waals surface area contributed by atoms with Gasteiger partial charge in [0.15, 0.2) is 0 Å². The van der Waals surface area contributed by atoms with E-state index in [2.05, 4.69) is 4.33 Å². The summed E-state index contributed by atoms with van der Waals surface area (Å²) in [4.78, 5) is -0.122. The Morgan fingerprint density at radius 1 is 1.17 bits per heavy atom. The summed E-state index contributed by atoms with van der Waals surface area (Å²) in [5, 5.41) is 9.75. The van der Waals surface area contributed by atoms with Gasteiger partial charge in [0.2, 0.25) is 0 Å². The van der Waals surface area contributed by atoms with Crippen molar-refractivity contribution in [2.75, 3.05) is 0 Å². The van der Waals surface area contributed by atoms with E-state index in [-0.39, 0.29) is 4.90 Å². The molecule has 0 aliphatic rings. The summed E-state index contributed by atoms with van der Waals surface area (Å²) >= 11 is 0. The summed E-state index contributed by atoms with van der Waals surface area (Å²) in [7, 11) is -4.07. The van der Waals surface area contributed by atoms with Crippen molar-refractivity contribution in [2.45, 2.75) is 11.8 Å². The maximum Gasteiger partial charge on any atom is 0.325 e. The minimum absolute atomic E-state index is 0.122. The third-order valence-corrected chi connectivity index (χ3v) is 2.43. The van der Waals surface area contributed by atoms with E-state index in [0.717, 1.165) is 5.56 Å². The lowest BCUT2D eigenvalue weighted by Gasteiger charge is -1.97. The first-order valence-corrected chi connectivity index (χ1v) is 4.60. The zero-order valence-corrected chi connectivity index (χ0v) is 7.17. The molecule has 0 aliphatic carbocycles. The van der Waals surface area contributed by atoms with E-state index < -0.39 is 10.1 Å². The van der Waals surface area contributed by atoms with Crippen LogP contribution in [0.4, 0.5) is 0 Å². The van der Waals surface area contributed by atoms with Crippen molar-refractivity contribution < 1.29 is 18.0 Å². The number of aryl methyl sites for hydroxylation is 1. The van der Waals surface area contributed by atoms with Crippen LogP contribution in [0.25, 0.3) is 0 Å². The molecule has 0 spiro atoms. The van der Waals surface area contributed by atoms with Gasteiger partial charge in [-0.3, -0.25) is 0 Å². The Bertz CT molecular complexity index is 351. The molecular weight excluding hydrogens is 180 g/mol. The molecule has 0 unspecified atom stereocenters. The van der Waals surface area contributed by atoms with Gasteiger partial charge in [0.25, 0.3) is 0 Å². The van der Waals surface area contributed by atoms with E-state index in [0.29, 0.717) is 0 Å². The molecule has 0 saturated carbocycles. The highest BCUT2D eigenvalue weighted by Crippen LogP contribution is 2.11. The molecule has 1 aromatic rings. The summed E-state index contributed by atoms with van der Waals surface area (Å²) < 4.78 is 24.6.